The number of hydrogen-bond donors (Lipinski definition) is 1. The first-order valence-electron chi connectivity index (χ1n) is 7.42. The molecule has 0 aliphatic heterocycles. The van der Waals surface area contributed by atoms with Crippen LogP contribution in [-0.4, -0.2) is 27.8 Å². The van der Waals surface area contributed by atoms with Gasteiger partial charge < -0.3 is 4.74 Å². The number of ether oxygens (including phenoxy) is 1. The van der Waals surface area contributed by atoms with Crippen LogP contribution in [0.1, 0.15) is 21.6 Å². The van der Waals surface area contributed by atoms with Crippen molar-refractivity contribution in [3.63, 3.8) is 0 Å². The highest BCUT2D eigenvalue weighted by molar-refractivity contribution is 5.88. The van der Waals surface area contributed by atoms with Crippen LogP contribution in [0.25, 0.3) is 16.9 Å². The molecule has 0 aliphatic carbocycles. The summed E-state index contributed by atoms with van der Waals surface area (Å²) < 4.78 is 5.94. The first-order valence-corrected chi connectivity index (χ1v) is 7.42. The lowest BCUT2D eigenvalue weighted by molar-refractivity contribution is 0.0600. The van der Waals surface area contributed by atoms with Gasteiger partial charge in [-0.2, -0.15) is 5.26 Å². The minimum atomic E-state index is -0.493. The summed E-state index contributed by atoms with van der Waals surface area (Å²) >= 11 is 0. The molecule has 7 nitrogen and oxygen atoms in total. The van der Waals surface area contributed by atoms with Crippen LogP contribution in [0, 0.1) is 18.3 Å². The van der Waals surface area contributed by atoms with Crippen LogP contribution in [0.3, 0.4) is 0 Å². The van der Waals surface area contributed by atoms with Crippen molar-refractivity contribution in [2.75, 3.05) is 7.11 Å². The smallest absolute Gasteiger partial charge is 0.339 e. The maximum Gasteiger partial charge on any atom is 0.339 e. The predicted octanol–water partition coefficient (Wildman–Crippen LogP) is 2.19. The SMILES string of the molecule is COC(=O)c1ccc(-n2[nH]c(C)c(-c3ccc(C#N)cc3)c2=O)nc1. The van der Waals surface area contributed by atoms with E-state index in [9.17, 15) is 9.59 Å². The van der Waals surface area contributed by atoms with E-state index in [1.807, 2.05) is 6.07 Å². The van der Waals surface area contributed by atoms with Gasteiger partial charge >= 0.3 is 5.97 Å². The number of carbonyl (C=O) groups excluding carboxylic acids is 1. The van der Waals surface area contributed by atoms with E-state index in [4.69, 9.17) is 5.26 Å². The molecule has 1 aromatic carbocycles. The highest BCUT2D eigenvalue weighted by atomic mass is 16.5. The second-order valence-electron chi connectivity index (χ2n) is 5.34. The average molecular weight is 334 g/mol. The molecular formula is C18H14N4O3. The third-order valence-electron chi connectivity index (χ3n) is 3.77. The molecule has 3 rings (SSSR count). The summed E-state index contributed by atoms with van der Waals surface area (Å²) in [5.41, 5.74) is 2.45. The van der Waals surface area contributed by atoms with Crippen LogP contribution in [-0.2, 0) is 4.74 Å². The van der Waals surface area contributed by atoms with Crippen LogP contribution in [0.4, 0.5) is 0 Å². The largest absolute Gasteiger partial charge is 0.465 e. The number of carbonyl (C=O) groups is 1. The molecule has 0 radical (unpaired) electrons. The lowest BCUT2D eigenvalue weighted by Crippen LogP contribution is -2.17. The molecule has 25 heavy (non-hydrogen) atoms. The van der Waals surface area contributed by atoms with Crippen molar-refractivity contribution in [1.29, 1.82) is 5.26 Å². The van der Waals surface area contributed by atoms with Crippen molar-refractivity contribution in [1.82, 2.24) is 14.8 Å². The molecule has 0 fully saturated rings. The van der Waals surface area contributed by atoms with Gasteiger partial charge in [0, 0.05) is 11.9 Å². The lowest BCUT2D eigenvalue weighted by Gasteiger charge is -2.02. The molecule has 124 valence electrons. The number of hydrogen-bond acceptors (Lipinski definition) is 5. The van der Waals surface area contributed by atoms with Crippen LogP contribution in [0.15, 0.2) is 47.4 Å². The molecule has 0 saturated carbocycles. The minimum Gasteiger partial charge on any atom is -0.465 e. The fraction of sp³-hybridized carbons (Fsp3) is 0.111. The Hall–Kier alpha value is -3.66. The van der Waals surface area contributed by atoms with Gasteiger partial charge in [-0.3, -0.25) is 9.89 Å². The summed E-state index contributed by atoms with van der Waals surface area (Å²) in [6.07, 6.45) is 1.35. The number of rotatable bonds is 3. The quantitative estimate of drug-likeness (QED) is 0.740. The molecule has 0 spiro atoms. The Morgan fingerprint density at radius 1 is 1.24 bits per heavy atom. The number of esters is 1. The second kappa shape index (κ2) is 6.45. The highest BCUT2D eigenvalue weighted by Gasteiger charge is 2.15. The van der Waals surface area contributed by atoms with E-state index >= 15 is 0 Å². The molecule has 0 bridgehead atoms. The van der Waals surface area contributed by atoms with Crippen LogP contribution in [0.2, 0.25) is 0 Å². The van der Waals surface area contributed by atoms with Crippen molar-refractivity contribution in [2.45, 2.75) is 6.92 Å². The molecule has 1 N–H and O–H groups in total. The zero-order chi connectivity index (χ0) is 18.0. The molecule has 0 saturated heterocycles. The first kappa shape index (κ1) is 16.2. The fourth-order valence-corrected chi connectivity index (χ4v) is 2.52. The number of H-pyrrole nitrogens is 1. The second-order valence-corrected chi connectivity index (χ2v) is 5.34. The Morgan fingerprint density at radius 3 is 2.52 bits per heavy atom. The summed E-state index contributed by atoms with van der Waals surface area (Å²) in [4.78, 5) is 28.4. The van der Waals surface area contributed by atoms with E-state index in [1.54, 1.807) is 37.3 Å². The van der Waals surface area contributed by atoms with Crippen molar-refractivity contribution in [3.8, 4) is 23.0 Å². The Morgan fingerprint density at radius 2 is 1.96 bits per heavy atom. The molecule has 0 aliphatic rings. The summed E-state index contributed by atoms with van der Waals surface area (Å²) in [6.45, 7) is 1.79. The van der Waals surface area contributed by atoms with Crippen molar-refractivity contribution in [2.24, 2.45) is 0 Å². The van der Waals surface area contributed by atoms with E-state index in [1.165, 1.54) is 24.1 Å². The van der Waals surface area contributed by atoms with E-state index in [0.29, 0.717) is 33.8 Å². The molecule has 0 unspecified atom stereocenters. The van der Waals surface area contributed by atoms with E-state index in [0.717, 1.165) is 0 Å². The maximum atomic E-state index is 12.8. The Labute approximate surface area is 143 Å². The van der Waals surface area contributed by atoms with Gasteiger partial charge in [-0.05, 0) is 36.8 Å². The standard InChI is InChI=1S/C18H14N4O3/c1-11-16(13-5-3-12(9-19)4-6-13)17(23)22(21-11)15-8-7-14(10-20-15)18(24)25-2/h3-8,10,21H,1-2H3. The minimum absolute atomic E-state index is 0.263. The number of aromatic nitrogens is 3. The van der Waals surface area contributed by atoms with Gasteiger partial charge in [0.1, 0.15) is 0 Å². The number of nitrogens with one attached hydrogen (secondary N) is 1. The maximum absolute atomic E-state index is 12.8. The van der Waals surface area contributed by atoms with Gasteiger partial charge in [-0.25, -0.2) is 14.5 Å². The number of benzene rings is 1. The number of aromatic amines is 1. The van der Waals surface area contributed by atoms with Gasteiger partial charge in [0.05, 0.1) is 29.9 Å². The zero-order valence-corrected chi connectivity index (χ0v) is 13.6. The molecule has 0 amide bonds. The van der Waals surface area contributed by atoms with Crippen LogP contribution < -0.4 is 5.56 Å². The monoisotopic (exact) mass is 334 g/mol. The number of pyridine rings is 1. The number of nitriles is 1. The predicted molar refractivity (Wildman–Crippen MR) is 90.4 cm³/mol. The molecule has 7 heteroatoms. The third-order valence-corrected chi connectivity index (χ3v) is 3.77. The Bertz CT molecular complexity index is 1020. The van der Waals surface area contributed by atoms with Gasteiger partial charge in [0.25, 0.3) is 5.56 Å². The van der Waals surface area contributed by atoms with Gasteiger partial charge in [-0.15, -0.1) is 0 Å². The van der Waals surface area contributed by atoms with E-state index < -0.39 is 5.97 Å². The summed E-state index contributed by atoms with van der Waals surface area (Å²) in [7, 11) is 1.29. The fourth-order valence-electron chi connectivity index (χ4n) is 2.52. The highest BCUT2D eigenvalue weighted by Crippen LogP contribution is 2.20. The van der Waals surface area contributed by atoms with Crippen LogP contribution in [0.5, 0.6) is 0 Å². The van der Waals surface area contributed by atoms with Crippen molar-refractivity contribution in [3.05, 3.63) is 69.8 Å². The van der Waals surface area contributed by atoms with Gasteiger partial charge in [0.15, 0.2) is 5.82 Å². The topological polar surface area (TPSA) is 101 Å². The third kappa shape index (κ3) is 2.93. The van der Waals surface area contributed by atoms with Crippen molar-refractivity contribution < 1.29 is 9.53 Å². The summed E-state index contributed by atoms with van der Waals surface area (Å²) in [6, 6.07) is 11.9. The summed E-state index contributed by atoms with van der Waals surface area (Å²) in [5, 5.41) is 11.9. The molecular weight excluding hydrogens is 320 g/mol. The molecule has 0 atom stereocenters. The molecule has 2 aromatic heterocycles. The van der Waals surface area contributed by atoms with Gasteiger partial charge in [-0.1, -0.05) is 12.1 Å². The first-order chi connectivity index (χ1) is 12.0. The van der Waals surface area contributed by atoms with Crippen LogP contribution >= 0.6 is 0 Å². The van der Waals surface area contributed by atoms with E-state index in [2.05, 4.69) is 14.8 Å². The molecule has 2 heterocycles. The number of aryl methyl sites for hydroxylation is 1. The number of methoxy groups -OCH3 is 1. The van der Waals surface area contributed by atoms with Crippen molar-refractivity contribution >= 4 is 5.97 Å². The Kier molecular flexibility index (Phi) is 4.18. The average Bonchev–Trinajstić information content (AvgIpc) is 2.95. The lowest BCUT2D eigenvalue weighted by atomic mass is 10.1. The molecule has 3 aromatic rings. The summed E-state index contributed by atoms with van der Waals surface area (Å²) in [5.74, 6) is -0.131. The van der Waals surface area contributed by atoms with E-state index in [-0.39, 0.29) is 5.56 Å². The zero-order valence-electron chi connectivity index (χ0n) is 13.6. The normalized spacial score (nSPS) is 10.3. The van der Waals surface area contributed by atoms with Gasteiger partial charge in [0.2, 0.25) is 0 Å². The Balaban J connectivity index is 2.03. The number of nitrogens with zero attached hydrogens (tertiary/aromatic N) is 3.